The number of hydrogen-bond donors (Lipinski definition) is 0. The Morgan fingerprint density at radius 2 is 1.77 bits per heavy atom. The van der Waals surface area contributed by atoms with Crippen molar-refractivity contribution in [2.45, 2.75) is 13.1 Å². The summed E-state index contributed by atoms with van der Waals surface area (Å²) in [5.74, 6) is -0.860. The predicted molar refractivity (Wildman–Crippen MR) is 43.8 cm³/mol. The molecule has 0 aliphatic heterocycles. The molecule has 1 rings (SSSR count). The molecule has 0 amide bonds. The van der Waals surface area contributed by atoms with Crippen LogP contribution in [0.3, 0.4) is 0 Å². The van der Waals surface area contributed by atoms with E-state index in [-0.39, 0.29) is 10.0 Å². The van der Waals surface area contributed by atoms with Crippen LogP contribution < -0.4 is 0 Å². The van der Waals surface area contributed by atoms with E-state index in [1.54, 1.807) is 0 Å². The number of halogens is 5. The van der Waals surface area contributed by atoms with Gasteiger partial charge in [0.2, 0.25) is 0 Å². The first kappa shape index (κ1) is 10.5. The van der Waals surface area contributed by atoms with Crippen molar-refractivity contribution in [1.29, 1.82) is 0 Å². The average Bonchev–Trinajstić information content (AvgIpc) is 1.97. The molecule has 72 valence electrons. The van der Waals surface area contributed by atoms with Gasteiger partial charge in [0.1, 0.15) is 5.82 Å². The van der Waals surface area contributed by atoms with Crippen molar-refractivity contribution in [2.75, 3.05) is 0 Å². The van der Waals surface area contributed by atoms with Crippen LogP contribution in [0.5, 0.6) is 0 Å². The van der Waals surface area contributed by atoms with E-state index in [1.807, 2.05) is 0 Å². The first-order chi connectivity index (χ1) is 5.82. The minimum absolute atomic E-state index is 0.125. The summed E-state index contributed by atoms with van der Waals surface area (Å²) in [6.07, 6.45) is -4.50. The van der Waals surface area contributed by atoms with E-state index in [1.165, 1.54) is 6.92 Å². The SMILES string of the molecule is Cc1c(F)cc(C(F)(F)F)cc1Br. The highest BCUT2D eigenvalue weighted by atomic mass is 79.9. The molecular weight excluding hydrogens is 252 g/mol. The maximum atomic E-state index is 12.8. The van der Waals surface area contributed by atoms with E-state index in [9.17, 15) is 17.6 Å². The lowest BCUT2D eigenvalue weighted by Crippen LogP contribution is -2.06. The van der Waals surface area contributed by atoms with Crippen LogP contribution in [-0.4, -0.2) is 0 Å². The molecule has 13 heavy (non-hydrogen) atoms. The molecular formula is C8H5BrF4. The van der Waals surface area contributed by atoms with Gasteiger partial charge in [-0.05, 0) is 24.6 Å². The maximum Gasteiger partial charge on any atom is 0.416 e. The molecule has 5 heteroatoms. The molecule has 0 radical (unpaired) electrons. The summed E-state index contributed by atoms with van der Waals surface area (Å²) in [5.41, 5.74) is -0.810. The van der Waals surface area contributed by atoms with Gasteiger partial charge in [-0.3, -0.25) is 0 Å². The Labute approximate surface area is 80.7 Å². The summed E-state index contributed by atoms with van der Waals surface area (Å²) in [5, 5.41) is 0. The fourth-order valence-corrected chi connectivity index (χ4v) is 1.24. The molecule has 0 aliphatic carbocycles. The molecule has 0 N–H and O–H groups in total. The minimum atomic E-state index is -4.50. The molecule has 0 atom stereocenters. The van der Waals surface area contributed by atoms with Crippen LogP contribution in [-0.2, 0) is 6.18 Å². The fraction of sp³-hybridized carbons (Fsp3) is 0.250. The Bertz CT molecular complexity index is 306. The molecule has 0 unspecified atom stereocenters. The zero-order chi connectivity index (χ0) is 10.2. The van der Waals surface area contributed by atoms with Gasteiger partial charge in [0.15, 0.2) is 0 Å². The predicted octanol–water partition coefficient (Wildman–Crippen LogP) is 3.92. The standard InChI is InChI=1S/C8H5BrF4/c1-4-6(9)2-5(3-7(4)10)8(11,12)13/h2-3H,1H3. The molecule has 0 aromatic heterocycles. The minimum Gasteiger partial charge on any atom is -0.207 e. The topological polar surface area (TPSA) is 0 Å². The van der Waals surface area contributed by atoms with Crippen LogP contribution >= 0.6 is 15.9 Å². The van der Waals surface area contributed by atoms with Gasteiger partial charge in [0.05, 0.1) is 5.56 Å². The van der Waals surface area contributed by atoms with Crippen molar-refractivity contribution in [3.63, 3.8) is 0 Å². The first-order valence-corrected chi connectivity index (χ1v) is 4.14. The molecule has 0 spiro atoms. The average molecular weight is 257 g/mol. The quantitative estimate of drug-likeness (QED) is 0.618. The molecule has 0 bridgehead atoms. The second-order valence-electron chi connectivity index (χ2n) is 2.56. The van der Waals surface area contributed by atoms with Gasteiger partial charge < -0.3 is 0 Å². The van der Waals surface area contributed by atoms with Crippen molar-refractivity contribution in [3.05, 3.63) is 33.5 Å². The Morgan fingerprint density at radius 3 is 2.15 bits per heavy atom. The lowest BCUT2D eigenvalue weighted by Gasteiger charge is -2.08. The molecule has 0 nitrogen and oxygen atoms in total. The van der Waals surface area contributed by atoms with Gasteiger partial charge in [-0.25, -0.2) is 4.39 Å². The second kappa shape index (κ2) is 3.29. The molecule has 0 aliphatic rings. The fourth-order valence-electron chi connectivity index (χ4n) is 0.809. The molecule has 1 aromatic carbocycles. The summed E-state index contributed by atoms with van der Waals surface area (Å²) in [7, 11) is 0. The van der Waals surface area contributed by atoms with Gasteiger partial charge in [-0.2, -0.15) is 13.2 Å². The van der Waals surface area contributed by atoms with Crippen LogP contribution in [0.25, 0.3) is 0 Å². The van der Waals surface area contributed by atoms with Crippen molar-refractivity contribution < 1.29 is 17.6 Å². The maximum absolute atomic E-state index is 12.8. The van der Waals surface area contributed by atoms with Gasteiger partial charge >= 0.3 is 6.18 Å². The third-order valence-corrected chi connectivity index (χ3v) is 2.43. The number of benzene rings is 1. The third-order valence-electron chi connectivity index (χ3n) is 1.61. The Morgan fingerprint density at radius 1 is 1.23 bits per heavy atom. The van der Waals surface area contributed by atoms with Crippen molar-refractivity contribution >= 4 is 15.9 Å². The normalized spacial score (nSPS) is 11.8. The van der Waals surface area contributed by atoms with E-state index in [2.05, 4.69) is 15.9 Å². The van der Waals surface area contributed by atoms with E-state index < -0.39 is 17.6 Å². The highest BCUT2D eigenvalue weighted by molar-refractivity contribution is 9.10. The summed E-state index contributed by atoms with van der Waals surface area (Å²) in [6, 6.07) is 1.35. The Balaban J connectivity index is 3.29. The van der Waals surface area contributed by atoms with Crippen LogP contribution in [0, 0.1) is 12.7 Å². The van der Waals surface area contributed by atoms with E-state index in [0.29, 0.717) is 6.07 Å². The Kier molecular flexibility index (Phi) is 2.66. The summed E-state index contributed by atoms with van der Waals surface area (Å²) in [4.78, 5) is 0. The smallest absolute Gasteiger partial charge is 0.207 e. The summed E-state index contributed by atoms with van der Waals surface area (Å²) < 4.78 is 49.2. The molecule has 0 heterocycles. The van der Waals surface area contributed by atoms with Crippen molar-refractivity contribution in [2.24, 2.45) is 0 Å². The van der Waals surface area contributed by atoms with Gasteiger partial charge in [0, 0.05) is 4.47 Å². The van der Waals surface area contributed by atoms with Crippen molar-refractivity contribution in [3.8, 4) is 0 Å². The first-order valence-electron chi connectivity index (χ1n) is 3.35. The molecule has 1 aromatic rings. The van der Waals surface area contributed by atoms with Crippen LogP contribution in [0.2, 0.25) is 0 Å². The molecule has 0 saturated heterocycles. The number of rotatable bonds is 0. The summed E-state index contributed by atoms with van der Waals surface area (Å²) in [6.45, 7) is 1.40. The third kappa shape index (κ3) is 2.21. The van der Waals surface area contributed by atoms with Crippen LogP contribution in [0.15, 0.2) is 16.6 Å². The zero-order valence-electron chi connectivity index (χ0n) is 6.54. The number of hydrogen-bond acceptors (Lipinski definition) is 0. The van der Waals surface area contributed by atoms with Crippen molar-refractivity contribution in [1.82, 2.24) is 0 Å². The highest BCUT2D eigenvalue weighted by Crippen LogP contribution is 2.33. The monoisotopic (exact) mass is 256 g/mol. The van der Waals surface area contributed by atoms with E-state index in [4.69, 9.17) is 0 Å². The lowest BCUT2D eigenvalue weighted by atomic mass is 10.1. The van der Waals surface area contributed by atoms with E-state index in [0.717, 1.165) is 6.07 Å². The largest absolute Gasteiger partial charge is 0.416 e. The lowest BCUT2D eigenvalue weighted by molar-refractivity contribution is -0.137. The molecule has 0 fully saturated rings. The van der Waals surface area contributed by atoms with Gasteiger partial charge in [0.25, 0.3) is 0 Å². The number of alkyl halides is 3. The molecule has 0 saturated carbocycles. The van der Waals surface area contributed by atoms with Gasteiger partial charge in [-0.1, -0.05) is 15.9 Å². The van der Waals surface area contributed by atoms with E-state index >= 15 is 0 Å². The Hall–Kier alpha value is -0.580. The summed E-state index contributed by atoms with van der Waals surface area (Å²) >= 11 is 2.85. The van der Waals surface area contributed by atoms with Crippen LogP contribution in [0.4, 0.5) is 17.6 Å². The van der Waals surface area contributed by atoms with Gasteiger partial charge in [-0.15, -0.1) is 0 Å². The highest BCUT2D eigenvalue weighted by Gasteiger charge is 2.31. The second-order valence-corrected chi connectivity index (χ2v) is 3.42. The van der Waals surface area contributed by atoms with Crippen LogP contribution in [0.1, 0.15) is 11.1 Å². The zero-order valence-corrected chi connectivity index (χ0v) is 8.13.